The molecule has 5 heteroatoms. The molecule has 1 aromatic heterocycles. The topological polar surface area (TPSA) is 57.4 Å². The van der Waals surface area contributed by atoms with E-state index in [1.807, 2.05) is 18.3 Å². The van der Waals surface area contributed by atoms with E-state index in [1.165, 1.54) is 22.1 Å². The zero-order valence-electron chi connectivity index (χ0n) is 17.2. The molecule has 1 atom stereocenters. The Morgan fingerprint density at radius 1 is 1.28 bits per heavy atom. The number of aromatic amines is 1. The smallest absolute Gasteiger partial charge is 0.220 e. The van der Waals surface area contributed by atoms with E-state index in [9.17, 15) is 4.79 Å². The number of rotatable bonds is 6. The van der Waals surface area contributed by atoms with Gasteiger partial charge in [0, 0.05) is 55.3 Å². The second-order valence-corrected chi connectivity index (χ2v) is 7.98. The molecule has 2 heterocycles. The van der Waals surface area contributed by atoms with Crippen molar-refractivity contribution in [3.05, 3.63) is 65.4 Å². The second kappa shape index (κ2) is 8.70. The van der Waals surface area contributed by atoms with E-state index >= 15 is 0 Å². The van der Waals surface area contributed by atoms with E-state index in [0.717, 1.165) is 37.3 Å². The number of carbonyl (C=O) groups excluding carboxylic acids is 1. The molecule has 0 saturated heterocycles. The maximum Gasteiger partial charge on any atom is 0.220 e. The Kier molecular flexibility index (Phi) is 5.86. The summed E-state index contributed by atoms with van der Waals surface area (Å²) in [7, 11) is 0. The van der Waals surface area contributed by atoms with Crippen molar-refractivity contribution in [3.63, 3.8) is 0 Å². The first kappa shape index (κ1) is 19.5. The molecule has 152 valence electrons. The molecule has 0 fully saturated rings. The first-order valence-corrected chi connectivity index (χ1v) is 10.4. The van der Waals surface area contributed by atoms with Crippen LogP contribution in [0.4, 0.5) is 0 Å². The highest BCUT2D eigenvalue weighted by Gasteiger charge is 2.20. The fraction of sp³-hybridized carbons (Fsp3) is 0.375. The minimum Gasteiger partial charge on any atom is -0.489 e. The molecule has 2 aromatic carbocycles. The summed E-state index contributed by atoms with van der Waals surface area (Å²) in [6.45, 7) is 7.39. The van der Waals surface area contributed by atoms with Crippen LogP contribution in [0.3, 0.4) is 0 Å². The van der Waals surface area contributed by atoms with Crippen molar-refractivity contribution < 1.29 is 9.53 Å². The lowest BCUT2D eigenvalue weighted by atomic mass is 10.1. The summed E-state index contributed by atoms with van der Waals surface area (Å²) in [5, 5.41) is 4.28. The number of ether oxygens (including phenoxy) is 1. The Morgan fingerprint density at radius 2 is 2.14 bits per heavy atom. The zero-order chi connectivity index (χ0) is 20.2. The van der Waals surface area contributed by atoms with Gasteiger partial charge in [-0.05, 0) is 38.0 Å². The van der Waals surface area contributed by atoms with Gasteiger partial charge < -0.3 is 15.0 Å². The molecule has 0 bridgehead atoms. The van der Waals surface area contributed by atoms with Crippen LogP contribution in [-0.4, -0.2) is 41.5 Å². The van der Waals surface area contributed by atoms with Crippen molar-refractivity contribution in [1.29, 1.82) is 0 Å². The van der Waals surface area contributed by atoms with Gasteiger partial charge in [0.2, 0.25) is 5.91 Å². The van der Waals surface area contributed by atoms with E-state index in [2.05, 4.69) is 59.4 Å². The van der Waals surface area contributed by atoms with E-state index in [0.29, 0.717) is 13.0 Å². The molecule has 1 aliphatic heterocycles. The first-order valence-electron chi connectivity index (χ1n) is 10.4. The lowest BCUT2D eigenvalue weighted by Gasteiger charge is -2.21. The van der Waals surface area contributed by atoms with Gasteiger partial charge in [-0.2, -0.15) is 0 Å². The maximum atomic E-state index is 12.3. The van der Waals surface area contributed by atoms with Crippen LogP contribution < -0.4 is 10.1 Å². The molecule has 5 nitrogen and oxygen atoms in total. The third-order valence-electron chi connectivity index (χ3n) is 5.50. The van der Waals surface area contributed by atoms with Crippen molar-refractivity contribution in [2.75, 3.05) is 19.6 Å². The van der Waals surface area contributed by atoms with Crippen LogP contribution in [0, 0.1) is 6.92 Å². The lowest BCUT2D eigenvalue weighted by molar-refractivity contribution is -0.121. The van der Waals surface area contributed by atoms with Crippen LogP contribution in [0.2, 0.25) is 0 Å². The largest absolute Gasteiger partial charge is 0.489 e. The van der Waals surface area contributed by atoms with Gasteiger partial charge in [-0.25, -0.2) is 0 Å². The van der Waals surface area contributed by atoms with Crippen LogP contribution in [0.15, 0.2) is 48.7 Å². The quantitative estimate of drug-likeness (QED) is 0.672. The summed E-state index contributed by atoms with van der Waals surface area (Å²) in [5.41, 5.74) is 4.78. The normalized spacial score (nSPS) is 16.8. The number of amides is 1. The number of hydrogen-bond acceptors (Lipinski definition) is 3. The molecule has 2 N–H and O–H groups in total. The lowest BCUT2D eigenvalue weighted by Crippen LogP contribution is -2.37. The van der Waals surface area contributed by atoms with Gasteiger partial charge in [-0.15, -0.1) is 0 Å². The summed E-state index contributed by atoms with van der Waals surface area (Å²) in [6.07, 6.45) is 3.40. The Morgan fingerprint density at radius 3 is 3.03 bits per heavy atom. The van der Waals surface area contributed by atoms with Crippen LogP contribution in [0.1, 0.15) is 30.0 Å². The number of aromatic nitrogens is 1. The molecule has 1 amide bonds. The second-order valence-electron chi connectivity index (χ2n) is 7.98. The SMILES string of the molecule is Cc1ccc2c(c1)CN(CCNC(=O)CCc1c[nH]c3ccccc13)CC(C)O2. The zero-order valence-corrected chi connectivity index (χ0v) is 17.2. The number of H-pyrrole nitrogens is 1. The maximum absolute atomic E-state index is 12.3. The van der Waals surface area contributed by atoms with Crippen molar-refractivity contribution in [2.24, 2.45) is 0 Å². The van der Waals surface area contributed by atoms with Crippen molar-refractivity contribution in [2.45, 2.75) is 39.3 Å². The van der Waals surface area contributed by atoms with E-state index in [1.54, 1.807) is 0 Å². The summed E-state index contributed by atoms with van der Waals surface area (Å²) in [5.74, 6) is 1.08. The average Bonchev–Trinajstić information content (AvgIpc) is 3.04. The van der Waals surface area contributed by atoms with Gasteiger partial charge in [-0.1, -0.05) is 35.9 Å². The summed E-state index contributed by atoms with van der Waals surface area (Å²) >= 11 is 0. The molecular weight excluding hydrogens is 362 g/mol. The number of carbonyl (C=O) groups is 1. The molecule has 1 unspecified atom stereocenters. The predicted octanol–water partition coefficient (Wildman–Crippen LogP) is 3.81. The van der Waals surface area contributed by atoms with Crippen molar-refractivity contribution in [1.82, 2.24) is 15.2 Å². The average molecular weight is 392 g/mol. The number of nitrogens with zero attached hydrogens (tertiary/aromatic N) is 1. The van der Waals surface area contributed by atoms with Crippen LogP contribution in [0.25, 0.3) is 10.9 Å². The number of hydrogen-bond donors (Lipinski definition) is 2. The highest BCUT2D eigenvalue weighted by atomic mass is 16.5. The highest BCUT2D eigenvalue weighted by molar-refractivity contribution is 5.84. The van der Waals surface area contributed by atoms with Crippen LogP contribution in [0.5, 0.6) is 5.75 Å². The van der Waals surface area contributed by atoms with E-state index in [4.69, 9.17) is 4.74 Å². The fourth-order valence-electron chi connectivity index (χ4n) is 4.07. The minimum absolute atomic E-state index is 0.102. The molecule has 0 radical (unpaired) electrons. The Hall–Kier alpha value is -2.79. The Balaban J connectivity index is 1.26. The highest BCUT2D eigenvalue weighted by Crippen LogP contribution is 2.26. The molecule has 0 spiro atoms. The summed E-state index contributed by atoms with van der Waals surface area (Å²) < 4.78 is 6.05. The third kappa shape index (κ3) is 4.80. The molecule has 29 heavy (non-hydrogen) atoms. The first-order chi connectivity index (χ1) is 14.1. The van der Waals surface area contributed by atoms with Crippen molar-refractivity contribution in [3.8, 4) is 5.75 Å². The Labute approximate surface area is 172 Å². The van der Waals surface area contributed by atoms with Crippen LogP contribution >= 0.6 is 0 Å². The van der Waals surface area contributed by atoms with Crippen molar-refractivity contribution >= 4 is 16.8 Å². The summed E-state index contributed by atoms with van der Waals surface area (Å²) in [4.78, 5) is 18.0. The van der Waals surface area contributed by atoms with Gasteiger partial charge in [-0.3, -0.25) is 9.69 Å². The molecule has 3 aromatic rings. The van der Waals surface area contributed by atoms with Gasteiger partial charge in [0.05, 0.1) is 0 Å². The third-order valence-corrected chi connectivity index (χ3v) is 5.50. The van der Waals surface area contributed by atoms with E-state index < -0.39 is 0 Å². The molecule has 0 aliphatic carbocycles. The van der Waals surface area contributed by atoms with Gasteiger partial charge in [0.1, 0.15) is 11.9 Å². The monoisotopic (exact) mass is 391 g/mol. The molecule has 4 rings (SSSR count). The number of para-hydroxylation sites is 1. The molecule has 0 saturated carbocycles. The number of fused-ring (bicyclic) bond motifs is 2. The molecule has 1 aliphatic rings. The minimum atomic E-state index is 0.102. The number of nitrogens with one attached hydrogen (secondary N) is 2. The standard InChI is InChI=1S/C24H29N3O2/c1-17-7-9-23-20(13-17)16-27(15-18(2)29-23)12-11-25-24(28)10-8-19-14-26-22-6-4-3-5-21(19)22/h3-7,9,13-14,18,26H,8,10-12,15-16H2,1-2H3,(H,25,28). The Bertz CT molecular complexity index is 995. The van der Waals surface area contributed by atoms with Gasteiger partial charge >= 0.3 is 0 Å². The van der Waals surface area contributed by atoms with Gasteiger partial charge in [0.25, 0.3) is 0 Å². The van der Waals surface area contributed by atoms with E-state index in [-0.39, 0.29) is 12.0 Å². The van der Waals surface area contributed by atoms with Crippen LogP contribution in [-0.2, 0) is 17.8 Å². The fourth-order valence-corrected chi connectivity index (χ4v) is 4.07. The van der Waals surface area contributed by atoms with Gasteiger partial charge in [0.15, 0.2) is 0 Å². The number of benzene rings is 2. The predicted molar refractivity (Wildman–Crippen MR) is 116 cm³/mol. The summed E-state index contributed by atoms with van der Waals surface area (Å²) in [6, 6.07) is 14.6. The number of aryl methyl sites for hydroxylation is 2. The molecular formula is C24H29N3O2.